The summed E-state index contributed by atoms with van der Waals surface area (Å²) < 4.78 is 1.76. The summed E-state index contributed by atoms with van der Waals surface area (Å²) in [6.45, 7) is 6.14. The molecule has 118 valence electrons. The standard InChI is InChI=1S/C16H22N4O2/c1-16(2,3)8-13(10-21)19-15(22)12-4-5-14(18-9-12)20-7-6-17-11-20/h4-7,9,11,13,21H,8,10H2,1-3H3,(H,19,22). The molecule has 0 radical (unpaired) electrons. The van der Waals surface area contributed by atoms with E-state index in [2.05, 4.69) is 36.1 Å². The Bertz CT molecular complexity index is 600. The summed E-state index contributed by atoms with van der Waals surface area (Å²) in [7, 11) is 0. The predicted molar refractivity (Wildman–Crippen MR) is 83.8 cm³/mol. The highest BCUT2D eigenvalue weighted by atomic mass is 16.3. The van der Waals surface area contributed by atoms with E-state index >= 15 is 0 Å². The van der Waals surface area contributed by atoms with Crippen molar-refractivity contribution < 1.29 is 9.90 Å². The predicted octanol–water partition coefficient (Wildman–Crippen LogP) is 1.79. The molecular weight excluding hydrogens is 280 g/mol. The molecule has 1 unspecified atom stereocenters. The van der Waals surface area contributed by atoms with Crippen molar-refractivity contribution in [1.82, 2.24) is 19.9 Å². The molecule has 2 N–H and O–H groups in total. The average Bonchev–Trinajstić information content (AvgIpc) is 2.99. The molecule has 22 heavy (non-hydrogen) atoms. The number of carbonyl (C=O) groups is 1. The first-order valence-electron chi connectivity index (χ1n) is 7.25. The maximum atomic E-state index is 12.2. The molecule has 0 bridgehead atoms. The van der Waals surface area contributed by atoms with Crippen LogP contribution in [0, 0.1) is 5.41 Å². The zero-order chi connectivity index (χ0) is 16.2. The van der Waals surface area contributed by atoms with E-state index in [1.165, 1.54) is 6.20 Å². The van der Waals surface area contributed by atoms with Gasteiger partial charge in [-0.2, -0.15) is 0 Å². The minimum atomic E-state index is -0.263. The molecule has 1 atom stereocenters. The molecule has 0 saturated carbocycles. The highest BCUT2D eigenvalue weighted by molar-refractivity contribution is 5.94. The Morgan fingerprint density at radius 2 is 2.18 bits per heavy atom. The van der Waals surface area contributed by atoms with Gasteiger partial charge < -0.3 is 10.4 Å². The lowest BCUT2D eigenvalue weighted by atomic mass is 9.88. The Kier molecular flexibility index (Phi) is 4.92. The summed E-state index contributed by atoms with van der Waals surface area (Å²) in [6.07, 6.45) is 7.33. The van der Waals surface area contributed by atoms with Crippen LogP contribution in [0.2, 0.25) is 0 Å². The van der Waals surface area contributed by atoms with Crippen molar-refractivity contribution in [1.29, 1.82) is 0 Å². The van der Waals surface area contributed by atoms with Gasteiger partial charge in [-0.1, -0.05) is 20.8 Å². The quantitative estimate of drug-likeness (QED) is 0.882. The molecule has 0 aliphatic heterocycles. The molecule has 2 rings (SSSR count). The maximum Gasteiger partial charge on any atom is 0.253 e. The lowest BCUT2D eigenvalue weighted by Gasteiger charge is -2.25. The van der Waals surface area contributed by atoms with Crippen LogP contribution < -0.4 is 5.32 Å². The van der Waals surface area contributed by atoms with Gasteiger partial charge in [-0.3, -0.25) is 9.36 Å². The second-order valence-corrected chi connectivity index (χ2v) is 6.49. The van der Waals surface area contributed by atoms with E-state index in [9.17, 15) is 9.90 Å². The van der Waals surface area contributed by atoms with E-state index in [0.29, 0.717) is 17.8 Å². The molecular formula is C16H22N4O2. The first-order chi connectivity index (χ1) is 10.4. The molecule has 0 fully saturated rings. The van der Waals surface area contributed by atoms with Gasteiger partial charge in [0.2, 0.25) is 0 Å². The number of amides is 1. The highest BCUT2D eigenvalue weighted by Crippen LogP contribution is 2.20. The molecule has 0 aliphatic rings. The Balaban J connectivity index is 2.03. The van der Waals surface area contributed by atoms with Gasteiger partial charge >= 0.3 is 0 Å². The number of carbonyl (C=O) groups excluding carboxylic acids is 1. The van der Waals surface area contributed by atoms with Crippen molar-refractivity contribution in [2.75, 3.05) is 6.61 Å². The van der Waals surface area contributed by atoms with E-state index in [1.54, 1.807) is 35.4 Å². The van der Waals surface area contributed by atoms with Crippen LogP contribution in [0.3, 0.4) is 0 Å². The van der Waals surface area contributed by atoms with E-state index in [0.717, 1.165) is 0 Å². The zero-order valence-electron chi connectivity index (χ0n) is 13.2. The molecule has 0 spiro atoms. The minimum Gasteiger partial charge on any atom is -0.394 e. The van der Waals surface area contributed by atoms with Crippen LogP contribution in [-0.2, 0) is 0 Å². The zero-order valence-corrected chi connectivity index (χ0v) is 13.2. The fraction of sp³-hybridized carbons (Fsp3) is 0.438. The third-order valence-corrected chi connectivity index (χ3v) is 3.19. The van der Waals surface area contributed by atoms with Crippen LogP contribution in [0.15, 0.2) is 37.1 Å². The smallest absolute Gasteiger partial charge is 0.253 e. The third kappa shape index (κ3) is 4.39. The van der Waals surface area contributed by atoms with Crippen molar-refractivity contribution in [3.05, 3.63) is 42.6 Å². The molecule has 0 aromatic carbocycles. The summed E-state index contributed by atoms with van der Waals surface area (Å²) in [5.41, 5.74) is 0.501. The molecule has 6 nitrogen and oxygen atoms in total. The summed E-state index contributed by atoms with van der Waals surface area (Å²) in [5, 5.41) is 12.3. The Labute approximate surface area is 130 Å². The van der Waals surface area contributed by atoms with Crippen molar-refractivity contribution in [2.45, 2.75) is 33.2 Å². The number of rotatable bonds is 5. The normalized spacial score (nSPS) is 12.9. The number of aliphatic hydroxyl groups excluding tert-OH is 1. The van der Waals surface area contributed by atoms with E-state index in [1.807, 2.05) is 0 Å². The second-order valence-electron chi connectivity index (χ2n) is 6.49. The fourth-order valence-electron chi connectivity index (χ4n) is 2.24. The number of aromatic nitrogens is 3. The first kappa shape index (κ1) is 16.2. The fourth-order valence-corrected chi connectivity index (χ4v) is 2.24. The molecule has 2 aromatic rings. The van der Waals surface area contributed by atoms with E-state index < -0.39 is 0 Å². The number of nitrogens with zero attached hydrogens (tertiary/aromatic N) is 3. The summed E-state index contributed by atoms with van der Waals surface area (Å²) in [6, 6.07) is 3.21. The van der Waals surface area contributed by atoms with Gasteiger partial charge in [0.25, 0.3) is 5.91 Å². The topological polar surface area (TPSA) is 80.0 Å². The molecule has 6 heteroatoms. The van der Waals surface area contributed by atoms with Gasteiger partial charge in [0.05, 0.1) is 18.2 Å². The molecule has 2 heterocycles. The van der Waals surface area contributed by atoms with E-state index in [-0.39, 0.29) is 24.0 Å². The summed E-state index contributed by atoms with van der Waals surface area (Å²) >= 11 is 0. The van der Waals surface area contributed by atoms with Crippen LogP contribution in [-0.4, -0.2) is 38.2 Å². The summed E-state index contributed by atoms with van der Waals surface area (Å²) in [4.78, 5) is 20.4. The van der Waals surface area contributed by atoms with Gasteiger partial charge in [-0.25, -0.2) is 9.97 Å². The first-order valence-corrected chi connectivity index (χ1v) is 7.25. The SMILES string of the molecule is CC(C)(C)CC(CO)NC(=O)c1ccc(-n2ccnc2)nc1. The lowest BCUT2D eigenvalue weighted by molar-refractivity contribution is 0.0897. The maximum absolute atomic E-state index is 12.2. The average molecular weight is 302 g/mol. The van der Waals surface area contributed by atoms with E-state index in [4.69, 9.17) is 0 Å². The number of hydrogen-bond acceptors (Lipinski definition) is 4. The van der Waals surface area contributed by atoms with Crippen LogP contribution in [0.4, 0.5) is 0 Å². The van der Waals surface area contributed by atoms with Crippen molar-refractivity contribution in [3.63, 3.8) is 0 Å². The monoisotopic (exact) mass is 302 g/mol. The number of hydrogen-bond donors (Lipinski definition) is 2. The Hall–Kier alpha value is -2.21. The number of nitrogens with one attached hydrogen (secondary N) is 1. The van der Waals surface area contributed by atoms with Gasteiger partial charge in [0.1, 0.15) is 12.1 Å². The largest absolute Gasteiger partial charge is 0.394 e. The molecule has 0 saturated heterocycles. The summed E-state index contributed by atoms with van der Waals surface area (Å²) in [5.74, 6) is 0.468. The van der Waals surface area contributed by atoms with Crippen molar-refractivity contribution in [2.24, 2.45) is 5.41 Å². The van der Waals surface area contributed by atoms with Gasteiger partial charge in [0, 0.05) is 18.6 Å². The van der Waals surface area contributed by atoms with Crippen LogP contribution >= 0.6 is 0 Å². The van der Waals surface area contributed by atoms with Gasteiger partial charge in [-0.05, 0) is 24.0 Å². The second kappa shape index (κ2) is 6.70. The van der Waals surface area contributed by atoms with Crippen molar-refractivity contribution >= 4 is 5.91 Å². The number of pyridine rings is 1. The van der Waals surface area contributed by atoms with Crippen LogP contribution in [0.25, 0.3) is 5.82 Å². The lowest BCUT2D eigenvalue weighted by Crippen LogP contribution is -2.40. The number of aliphatic hydroxyl groups is 1. The minimum absolute atomic E-state index is 0.0320. The molecule has 1 amide bonds. The van der Waals surface area contributed by atoms with Crippen LogP contribution in [0.1, 0.15) is 37.6 Å². The number of imidazole rings is 1. The van der Waals surface area contributed by atoms with Gasteiger partial charge in [-0.15, -0.1) is 0 Å². The van der Waals surface area contributed by atoms with Crippen molar-refractivity contribution in [3.8, 4) is 5.82 Å². The molecule has 2 aromatic heterocycles. The highest BCUT2D eigenvalue weighted by Gasteiger charge is 2.20. The Morgan fingerprint density at radius 3 is 2.68 bits per heavy atom. The van der Waals surface area contributed by atoms with Gasteiger partial charge in [0.15, 0.2) is 0 Å². The van der Waals surface area contributed by atoms with Crippen LogP contribution in [0.5, 0.6) is 0 Å². The molecule has 0 aliphatic carbocycles. The third-order valence-electron chi connectivity index (χ3n) is 3.19. The Morgan fingerprint density at radius 1 is 1.41 bits per heavy atom.